The van der Waals surface area contributed by atoms with Crippen molar-refractivity contribution < 1.29 is 14.6 Å². The van der Waals surface area contributed by atoms with Crippen LogP contribution >= 0.6 is 0 Å². The van der Waals surface area contributed by atoms with Gasteiger partial charge in [0.25, 0.3) is 0 Å². The lowest BCUT2D eigenvalue weighted by Crippen LogP contribution is -2.46. The number of nitrogens with two attached hydrogens (primary N) is 1. The fraction of sp³-hybridized carbons (Fsp3) is 0.909. The number of methoxy groups -OCH3 is 1. The van der Waals surface area contributed by atoms with Gasteiger partial charge in [0.15, 0.2) is 0 Å². The SMILES string of the molecule is COCCC(N)C(=O)N(C)CC1CC(O)C1. The number of amides is 1. The summed E-state index contributed by atoms with van der Waals surface area (Å²) in [6, 6.07) is -0.477. The number of nitrogens with zero attached hydrogens (tertiary/aromatic N) is 1. The number of hydrogen-bond donors (Lipinski definition) is 2. The maximum absolute atomic E-state index is 11.8. The van der Waals surface area contributed by atoms with Gasteiger partial charge in [0.1, 0.15) is 0 Å². The van der Waals surface area contributed by atoms with E-state index in [-0.39, 0.29) is 12.0 Å². The molecule has 1 aliphatic rings. The first-order valence-electron chi connectivity index (χ1n) is 5.72. The molecular formula is C11H22N2O3. The lowest BCUT2D eigenvalue weighted by atomic mass is 9.82. The molecule has 0 bridgehead atoms. The smallest absolute Gasteiger partial charge is 0.239 e. The Bertz CT molecular complexity index is 229. The van der Waals surface area contributed by atoms with Crippen molar-refractivity contribution >= 4 is 5.91 Å². The third-order valence-corrected chi connectivity index (χ3v) is 3.07. The van der Waals surface area contributed by atoms with Gasteiger partial charge in [0.2, 0.25) is 5.91 Å². The molecule has 0 heterocycles. The molecule has 16 heavy (non-hydrogen) atoms. The first kappa shape index (κ1) is 13.4. The molecule has 0 aliphatic heterocycles. The first-order valence-corrected chi connectivity index (χ1v) is 5.72. The van der Waals surface area contributed by atoms with Crippen molar-refractivity contribution in [3.8, 4) is 0 Å². The number of likely N-dealkylation sites (N-methyl/N-ethyl adjacent to an activating group) is 1. The van der Waals surface area contributed by atoms with E-state index < -0.39 is 6.04 Å². The molecule has 1 saturated carbocycles. The van der Waals surface area contributed by atoms with E-state index in [1.54, 1.807) is 19.1 Å². The molecule has 0 saturated heterocycles. The Kier molecular flexibility index (Phi) is 5.18. The number of carbonyl (C=O) groups is 1. The maximum atomic E-state index is 11.8. The van der Waals surface area contributed by atoms with Crippen molar-refractivity contribution in [3.05, 3.63) is 0 Å². The zero-order valence-electron chi connectivity index (χ0n) is 10.1. The van der Waals surface area contributed by atoms with Crippen molar-refractivity contribution in [1.82, 2.24) is 4.90 Å². The first-order chi connectivity index (χ1) is 7.54. The average Bonchev–Trinajstić information content (AvgIpc) is 2.22. The third-order valence-electron chi connectivity index (χ3n) is 3.07. The van der Waals surface area contributed by atoms with Crippen molar-refractivity contribution in [2.75, 3.05) is 27.3 Å². The van der Waals surface area contributed by atoms with E-state index in [2.05, 4.69) is 0 Å². The second kappa shape index (κ2) is 6.18. The second-order valence-electron chi connectivity index (χ2n) is 4.60. The zero-order valence-corrected chi connectivity index (χ0v) is 10.1. The summed E-state index contributed by atoms with van der Waals surface area (Å²) in [6.07, 6.45) is 1.97. The highest BCUT2D eigenvalue weighted by Gasteiger charge is 2.30. The summed E-state index contributed by atoms with van der Waals surface area (Å²) in [6.45, 7) is 1.19. The van der Waals surface area contributed by atoms with Crippen LogP contribution in [0.5, 0.6) is 0 Å². The van der Waals surface area contributed by atoms with E-state index in [0.29, 0.717) is 25.5 Å². The zero-order chi connectivity index (χ0) is 12.1. The highest BCUT2D eigenvalue weighted by Crippen LogP contribution is 2.27. The third kappa shape index (κ3) is 3.73. The van der Waals surface area contributed by atoms with Gasteiger partial charge < -0.3 is 20.5 Å². The molecule has 0 aromatic rings. The van der Waals surface area contributed by atoms with Crippen LogP contribution < -0.4 is 5.73 Å². The number of hydrogen-bond acceptors (Lipinski definition) is 4. The summed E-state index contributed by atoms with van der Waals surface area (Å²) in [5.74, 6) is 0.386. The lowest BCUT2D eigenvalue weighted by Gasteiger charge is -2.35. The van der Waals surface area contributed by atoms with Crippen LogP contribution in [-0.4, -0.2) is 55.4 Å². The Morgan fingerprint density at radius 2 is 2.25 bits per heavy atom. The predicted molar refractivity (Wildman–Crippen MR) is 60.8 cm³/mol. The van der Waals surface area contributed by atoms with Gasteiger partial charge in [0, 0.05) is 27.3 Å². The largest absolute Gasteiger partial charge is 0.393 e. The van der Waals surface area contributed by atoms with Gasteiger partial charge in [-0.3, -0.25) is 4.79 Å². The minimum atomic E-state index is -0.477. The van der Waals surface area contributed by atoms with E-state index in [9.17, 15) is 4.79 Å². The van der Waals surface area contributed by atoms with E-state index >= 15 is 0 Å². The summed E-state index contributed by atoms with van der Waals surface area (Å²) in [7, 11) is 3.36. The lowest BCUT2D eigenvalue weighted by molar-refractivity contribution is -0.133. The predicted octanol–water partition coefficient (Wildman–Crippen LogP) is -0.420. The van der Waals surface area contributed by atoms with Crippen LogP contribution in [0.4, 0.5) is 0 Å². The number of aliphatic hydroxyl groups is 1. The van der Waals surface area contributed by atoms with Crippen LogP contribution in [0.3, 0.4) is 0 Å². The number of rotatable bonds is 6. The highest BCUT2D eigenvalue weighted by molar-refractivity contribution is 5.81. The van der Waals surface area contributed by atoms with Crippen LogP contribution in [-0.2, 0) is 9.53 Å². The fourth-order valence-corrected chi connectivity index (χ4v) is 1.98. The molecule has 1 atom stereocenters. The molecule has 1 unspecified atom stereocenters. The van der Waals surface area contributed by atoms with Crippen molar-refractivity contribution in [2.24, 2.45) is 11.7 Å². The standard InChI is InChI=1S/C11H22N2O3/c1-13(7-8-5-9(14)6-8)11(15)10(12)3-4-16-2/h8-10,14H,3-7,12H2,1-2H3. The van der Waals surface area contributed by atoms with Crippen LogP contribution in [0.2, 0.25) is 0 Å². The molecule has 1 amide bonds. The molecule has 0 spiro atoms. The van der Waals surface area contributed by atoms with E-state index in [0.717, 1.165) is 12.8 Å². The van der Waals surface area contributed by atoms with Crippen LogP contribution in [0.15, 0.2) is 0 Å². The molecule has 94 valence electrons. The Balaban J connectivity index is 2.24. The summed E-state index contributed by atoms with van der Waals surface area (Å²) in [4.78, 5) is 13.5. The monoisotopic (exact) mass is 230 g/mol. The summed E-state index contributed by atoms with van der Waals surface area (Å²) in [5.41, 5.74) is 5.75. The van der Waals surface area contributed by atoms with Gasteiger partial charge in [0.05, 0.1) is 12.1 Å². The Hall–Kier alpha value is -0.650. The Morgan fingerprint density at radius 1 is 1.62 bits per heavy atom. The molecule has 1 fully saturated rings. The molecule has 3 N–H and O–H groups in total. The van der Waals surface area contributed by atoms with Crippen LogP contribution in [0.25, 0.3) is 0 Å². The summed E-state index contributed by atoms with van der Waals surface area (Å²) < 4.78 is 4.89. The molecule has 1 rings (SSSR count). The second-order valence-corrected chi connectivity index (χ2v) is 4.60. The fourth-order valence-electron chi connectivity index (χ4n) is 1.98. The average molecular weight is 230 g/mol. The molecular weight excluding hydrogens is 208 g/mol. The van der Waals surface area contributed by atoms with Crippen molar-refractivity contribution in [3.63, 3.8) is 0 Å². The summed E-state index contributed by atoms with van der Waals surface area (Å²) in [5, 5.41) is 9.15. The molecule has 5 nitrogen and oxygen atoms in total. The van der Waals surface area contributed by atoms with E-state index in [4.69, 9.17) is 15.6 Å². The van der Waals surface area contributed by atoms with Gasteiger partial charge in [-0.1, -0.05) is 0 Å². The molecule has 5 heteroatoms. The maximum Gasteiger partial charge on any atom is 0.239 e. The number of aliphatic hydroxyl groups excluding tert-OH is 1. The van der Waals surface area contributed by atoms with Gasteiger partial charge >= 0.3 is 0 Å². The van der Waals surface area contributed by atoms with Gasteiger partial charge in [-0.25, -0.2) is 0 Å². The summed E-state index contributed by atoms with van der Waals surface area (Å²) >= 11 is 0. The number of ether oxygens (including phenoxy) is 1. The van der Waals surface area contributed by atoms with Gasteiger partial charge in [-0.15, -0.1) is 0 Å². The minimum absolute atomic E-state index is 0.0431. The molecule has 0 aromatic carbocycles. The minimum Gasteiger partial charge on any atom is -0.393 e. The van der Waals surface area contributed by atoms with Crippen LogP contribution in [0.1, 0.15) is 19.3 Å². The van der Waals surface area contributed by atoms with Crippen molar-refractivity contribution in [2.45, 2.75) is 31.4 Å². The number of carbonyl (C=O) groups excluding carboxylic acids is 1. The quantitative estimate of drug-likeness (QED) is 0.650. The topological polar surface area (TPSA) is 75.8 Å². The normalized spacial score (nSPS) is 26.0. The molecule has 0 radical (unpaired) electrons. The highest BCUT2D eigenvalue weighted by atomic mass is 16.5. The van der Waals surface area contributed by atoms with E-state index in [1.807, 2.05) is 0 Å². The van der Waals surface area contributed by atoms with Gasteiger partial charge in [-0.2, -0.15) is 0 Å². The molecule has 1 aliphatic carbocycles. The van der Waals surface area contributed by atoms with Crippen molar-refractivity contribution in [1.29, 1.82) is 0 Å². The van der Waals surface area contributed by atoms with Crippen LogP contribution in [0, 0.1) is 5.92 Å². The Morgan fingerprint density at radius 3 is 2.75 bits per heavy atom. The molecule has 0 aromatic heterocycles. The van der Waals surface area contributed by atoms with Gasteiger partial charge in [-0.05, 0) is 25.2 Å². The van der Waals surface area contributed by atoms with E-state index in [1.165, 1.54) is 0 Å². The Labute approximate surface area is 96.6 Å².